The molecule has 1 aliphatic rings. The molecule has 6 nitrogen and oxygen atoms in total. The predicted molar refractivity (Wildman–Crippen MR) is 121 cm³/mol. The van der Waals surface area contributed by atoms with Gasteiger partial charge in [-0.1, -0.05) is 23.4 Å². The first-order chi connectivity index (χ1) is 16.8. The van der Waals surface area contributed by atoms with E-state index >= 15 is 0 Å². The fourth-order valence-electron chi connectivity index (χ4n) is 4.11. The molecule has 1 aromatic heterocycles. The average molecular weight is 491 g/mol. The van der Waals surface area contributed by atoms with E-state index in [0.29, 0.717) is 61.7 Å². The predicted octanol–water partition coefficient (Wildman–Crippen LogP) is 5.00. The zero-order chi connectivity index (χ0) is 24.8. The summed E-state index contributed by atoms with van der Waals surface area (Å²) in [4.78, 5) is 18.7. The van der Waals surface area contributed by atoms with Gasteiger partial charge in [0.15, 0.2) is 0 Å². The number of likely N-dealkylation sites (tertiary alicyclic amines) is 1. The van der Waals surface area contributed by atoms with Crippen LogP contribution in [-0.2, 0) is 23.9 Å². The van der Waals surface area contributed by atoms with Crippen LogP contribution in [0, 0.1) is 5.82 Å². The summed E-state index contributed by atoms with van der Waals surface area (Å²) in [5, 5.41) is 6.93. The number of carbonyl (C=O) groups is 1. The highest BCUT2D eigenvalue weighted by Crippen LogP contribution is 2.30. The minimum atomic E-state index is -4.35. The van der Waals surface area contributed by atoms with Gasteiger partial charge >= 0.3 is 6.18 Å². The Hall–Kier alpha value is -3.27. The lowest BCUT2D eigenvalue weighted by atomic mass is 10.0. The molecule has 4 rings (SSSR count). The Morgan fingerprint density at radius 2 is 1.86 bits per heavy atom. The van der Waals surface area contributed by atoms with Crippen LogP contribution in [0.3, 0.4) is 0 Å². The average Bonchev–Trinajstić information content (AvgIpc) is 3.29. The number of halogens is 4. The summed E-state index contributed by atoms with van der Waals surface area (Å²) >= 11 is 0. The summed E-state index contributed by atoms with van der Waals surface area (Å²) in [5.41, 5.74) is 0.647. The van der Waals surface area contributed by atoms with E-state index in [9.17, 15) is 22.4 Å². The quantitative estimate of drug-likeness (QED) is 0.450. The highest BCUT2D eigenvalue weighted by Gasteiger charge is 2.30. The largest absolute Gasteiger partial charge is 0.416 e. The number of alkyl halides is 3. The molecule has 1 fully saturated rings. The Kier molecular flexibility index (Phi) is 7.80. The van der Waals surface area contributed by atoms with E-state index in [4.69, 9.17) is 4.52 Å². The number of piperidine rings is 1. The number of rotatable bonds is 8. The summed E-state index contributed by atoms with van der Waals surface area (Å²) < 4.78 is 57.0. The van der Waals surface area contributed by atoms with Crippen LogP contribution in [0.1, 0.15) is 42.7 Å². The lowest BCUT2D eigenvalue weighted by Crippen LogP contribution is -2.44. The summed E-state index contributed by atoms with van der Waals surface area (Å²) in [7, 11) is 0. The second-order valence-corrected chi connectivity index (χ2v) is 8.69. The van der Waals surface area contributed by atoms with Crippen molar-refractivity contribution in [2.75, 3.05) is 13.1 Å². The Labute approximate surface area is 200 Å². The van der Waals surface area contributed by atoms with Crippen molar-refractivity contribution in [2.45, 2.75) is 50.9 Å². The number of amides is 1. The third kappa shape index (κ3) is 7.11. The number of hydrogen-bond donors (Lipinski definition) is 1. The molecule has 0 saturated carbocycles. The van der Waals surface area contributed by atoms with Crippen LogP contribution in [-0.4, -0.2) is 40.1 Å². The Bertz CT molecular complexity index is 1120. The molecule has 0 atom stereocenters. The minimum Gasteiger partial charge on any atom is -0.353 e. The van der Waals surface area contributed by atoms with Crippen LogP contribution >= 0.6 is 0 Å². The molecule has 0 unspecified atom stereocenters. The molecule has 1 amide bonds. The van der Waals surface area contributed by atoms with Crippen LogP contribution in [0.15, 0.2) is 53.1 Å². The van der Waals surface area contributed by atoms with Gasteiger partial charge < -0.3 is 9.84 Å². The number of nitrogens with zero attached hydrogens (tertiary/aromatic N) is 3. The topological polar surface area (TPSA) is 71.3 Å². The van der Waals surface area contributed by atoms with Gasteiger partial charge in [-0.25, -0.2) is 4.39 Å². The SMILES string of the molecule is O=C(CCCc1nc(-c2ccc(F)cc2)no1)NC1CCN(Cc2cccc(C(F)(F)F)c2)CC1. The molecular weight excluding hydrogens is 464 g/mol. The second-order valence-electron chi connectivity index (χ2n) is 8.69. The van der Waals surface area contributed by atoms with E-state index in [2.05, 4.69) is 20.4 Å². The maximum absolute atomic E-state index is 13.0. The number of aryl methyl sites for hydroxylation is 1. The Morgan fingerprint density at radius 3 is 2.57 bits per heavy atom. The molecule has 1 N–H and O–H groups in total. The van der Waals surface area contributed by atoms with Crippen LogP contribution in [0.2, 0.25) is 0 Å². The molecule has 186 valence electrons. The minimum absolute atomic E-state index is 0.0498. The van der Waals surface area contributed by atoms with Crippen molar-refractivity contribution in [3.63, 3.8) is 0 Å². The van der Waals surface area contributed by atoms with Crippen LogP contribution < -0.4 is 5.32 Å². The number of aromatic nitrogens is 2. The molecule has 2 aromatic carbocycles. The fourth-order valence-corrected chi connectivity index (χ4v) is 4.11. The van der Waals surface area contributed by atoms with E-state index < -0.39 is 11.7 Å². The van der Waals surface area contributed by atoms with Gasteiger partial charge in [-0.2, -0.15) is 18.2 Å². The van der Waals surface area contributed by atoms with Crippen molar-refractivity contribution in [2.24, 2.45) is 0 Å². The standard InChI is InChI=1S/C25H26F4N4O2/c26-20-9-7-18(8-10-20)24-31-23(35-32-24)6-2-5-22(34)30-21-11-13-33(14-12-21)16-17-3-1-4-19(15-17)25(27,28)29/h1,3-4,7-10,15,21H,2,5-6,11-14,16H2,(H,30,34). The number of carbonyl (C=O) groups excluding carboxylic acids is 1. The molecule has 35 heavy (non-hydrogen) atoms. The maximum atomic E-state index is 13.0. The highest BCUT2D eigenvalue weighted by atomic mass is 19.4. The highest BCUT2D eigenvalue weighted by molar-refractivity contribution is 5.76. The van der Waals surface area contributed by atoms with Crippen molar-refractivity contribution in [3.05, 3.63) is 71.4 Å². The zero-order valence-electron chi connectivity index (χ0n) is 19.0. The molecule has 0 aliphatic carbocycles. The lowest BCUT2D eigenvalue weighted by Gasteiger charge is -2.32. The molecule has 2 heterocycles. The molecule has 0 bridgehead atoms. The third-order valence-corrected chi connectivity index (χ3v) is 5.98. The summed E-state index contributed by atoms with van der Waals surface area (Å²) in [6.45, 7) is 1.86. The van der Waals surface area contributed by atoms with Crippen LogP contribution in [0.5, 0.6) is 0 Å². The first kappa shape index (κ1) is 24.8. The van der Waals surface area contributed by atoms with Crippen LogP contribution in [0.25, 0.3) is 11.4 Å². The molecule has 1 aliphatic heterocycles. The van der Waals surface area contributed by atoms with Gasteiger partial charge in [0.05, 0.1) is 5.56 Å². The van der Waals surface area contributed by atoms with Gasteiger partial charge in [0, 0.05) is 44.1 Å². The normalized spacial score (nSPS) is 15.3. The van der Waals surface area contributed by atoms with Crippen molar-refractivity contribution >= 4 is 5.91 Å². The molecule has 0 radical (unpaired) electrons. The molecular formula is C25H26F4N4O2. The number of hydrogen-bond acceptors (Lipinski definition) is 5. The third-order valence-electron chi connectivity index (χ3n) is 5.98. The zero-order valence-corrected chi connectivity index (χ0v) is 19.0. The summed E-state index contributed by atoms with van der Waals surface area (Å²) in [5.74, 6) is 0.394. The van der Waals surface area contributed by atoms with Crippen molar-refractivity contribution in [3.8, 4) is 11.4 Å². The molecule has 3 aromatic rings. The summed E-state index contributed by atoms with van der Waals surface area (Å²) in [6.07, 6.45) is -1.53. The number of nitrogens with one attached hydrogen (secondary N) is 1. The van der Waals surface area contributed by atoms with Crippen molar-refractivity contribution < 1.29 is 26.9 Å². The van der Waals surface area contributed by atoms with Gasteiger partial charge in [0.1, 0.15) is 5.82 Å². The van der Waals surface area contributed by atoms with Crippen molar-refractivity contribution in [1.29, 1.82) is 0 Å². The first-order valence-electron chi connectivity index (χ1n) is 11.5. The smallest absolute Gasteiger partial charge is 0.353 e. The van der Waals surface area contributed by atoms with Gasteiger partial charge in [-0.3, -0.25) is 9.69 Å². The van der Waals surface area contributed by atoms with Crippen LogP contribution in [0.4, 0.5) is 17.6 Å². The van der Waals surface area contributed by atoms with Gasteiger partial charge in [0.2, 0.25) is 17.6 Å². The van der Waals surface area contributed by atoms with Gasteiger partial charge in [-0.05, 0) is 55.2 Å². The molecule has 0 spiro atoms. The Balaban J connectivity index is 1.16. The van der Waals surface area contributed by atoms with E-state index in [1.807, 2.05) is 0 Å². The fraction of sp³-hybridized carbons (Fsp3) is 0.400. The monoisotopic (exact) mass is 490 g/mol. The maximum Gasteiger partial charge on any atom is 0.416 e. The molecule has 10 heteroatoms. The van der Waals surface area contributed by atoms with Gasteiger partial charge in [0.25, 0.3) is 0 Å². The number of benzene rings is 2. The van der Waals surface area contributed by atoms with E-state index in [0.717, 1.165) is 18.9 Å². The lowest BCUT2D eigenvalue weighted by molar-refractivity contribution is -0.137. The van der Waals surface area contributed by atoms with E-state index in [1.54, 1.807) is 18.2 Å². The van der Waals surface area contributed by atoms with Crippen molar-refractivity contribution in [1.82, 2.24) is 20.4 Å². The van der Waals surface area contributed by atoms with Gasteiger partial charge in [-0.15, -0.1) is 0 Å². The van der Waals surface area contributed by atoms with E-state index in [-0.39, 0.29) is 17.8 Å². The second kappa shape index (κ2) is 11.0. The Morgan fingerprint density at radius 1 is 1.11 bits per heavy atom. The molecule has 1 saturated heterocycles. The first-order valence-corrected chi connectivity index (χ1v) is 11.5. The summed E-state index contributed by atoms with van der Waals surface area (Å²) in [6, 6.07) is 11.3. The van der Waals surface area contributed by atoms with E-state index in [1.165, 1.54) is 24.3 Å².